The summed E-state index contributed by atoms with van der Waals surface area (Å²) in [4.78, 5) is 24.2. The fourth-order valence-electron chi connectivity index (χ4n) is 4.00. The predicted molar refractivity (Wildman–Crippen MR) is 151 cm³/mol. The Morgan fingerprint density at radius 2 is 1.79 bits per heavy atom. The molecule has 192 valence electrons. The predicted octanol–water partition coefficient (Wildman–Crippen LogP) is 6.89. The first-order valence-corrected chi connectivity index (χ1v) is 12.0. The number of hydrogen-bond donors (Lipinski definition) is 3. The topological polar surface area (TPSA) is 127 Å². The summed E-state index contributed by atoms with van der Waals surface area (Å²) in [6.45, 7) is 7.47. The van der Waals surface area contributed by atoms with Gasteiger partial charge in [-0.25, -0.2) is 4.79 Å². The quantitative estimate of drug-likeness (QED) is 0.244. The highest BCUT2D eigenvalue weighted by Gasteiger charge is 2.18. The SMILES string of the molecule is C/C=C(\C=N)c1cc(=O)c2cc(C)cc(C(C)Nc3ccccc3C(=O)O)c2o1.Cc1ccccc1C#N. The second-order valence-corrected chi connectivity index (χ2v) is 8.74. The number of nitriles is 1. The Kier molecular flexibility index (Phi) is 8.96. The zero-order chi connectivity index (χ0) is 27.8. The monoisotopic (exact) mass is 507 g/mol. The molecule has 0 amide bonds. The Labute approximate surface area is 221 Å². The van der Waals surface area contributed by atoms with Crippen molar-refractivity contribution in [3.63, 3.8) is 0 Å². The molecule has 4 aromatic rings. The van der Waals surface area contributed by atoms with Gasteiger partial charge in [-0.2, -0.15) is 5.26 Å². The minimum Gasteiger partial charge on any atom is -0.478 e. The summed E-state index contributed by atoms with van der Waals surface area (Å²) in [5.41, 5.74) is 4.82. The summed E-state index contributed by atoms with van der Waals surface area (Å²) in [7, 11) is 0. The molecule has 0 aliphatic carbocycles. The molecule has 3 N–H and O–H groups in total. The van der Waals surface area contributed by atoms with Crippen molar-refractivity contribution in [2.75, 3.05) is 5.32 Å². The van der Waals surface area contributed by atoms with Gasteiger partial charge < -0.3 is 20.2 Å². The zero-order valence-corrected chi connectivity index (χ0v) is 21.7. The molecule has 38 heavy (non-hydrogen) atoms. The molecule has 0 aliphatic rings. The number of carboxylic acids is 1. The molecule has 1 heterocycles. The lowest BCUT2D eigenvalue weighted by Gasteiger charge is -2.19. The highest BCUT2D eigenvalue weighted by molar-refractivity contribution is 6.07. The van der Waals surface area contributed by atoms with E-state index in [1.165, 1.54) is 12.1 Å². The van der Waals surface area contributed by atoms with Crippen LogP contribution in [0, 0.1) is 30.6 Å². The highest BCUT2D eigenvalue weighted by atomic mass is 16.4. The number of hydrogen-bond acceptors (Lipinski definition) is 6. The van der Waals surface area contributed by atoms with Crippen LogP contribution < -0.4 is 10.7 Å². The molecule has 1 aromatic heterocycles. The van der Waals surface area contributed by atoms with Crippen LogP contribution >= 0.6 is 0 Å². The Balaban J connectivity index is 0.000000375. The van der Waals surface area contributed by atoms with Gasteiger partial charge in [-0.15, -0.1) is 0 Å². The Hall–Kier alpha value is -4.96. The van der Waals surface area contributed by atoms with Crippen LogP contribution in [0.2, 0.25) is 0 Å². The number of nitrogens with one attached hydrogen (secondary N) is 2. The Bertz CT molecular complexity index is 1630. The van der Waals surface area contributed by atoms with Crippen LogP contribution in [0.3, 0.4) is 0 Å². The van der Waals surface area contributed by atoms with Crippen LogP contribution in [0.15, 0.2) is 82.0 Å². The zero-order valence-electron chi connectivity index (χ0n) is 21.7. The molecule has 0 aliphatic heterocycles. The van der Waals surface area contributed by atoms with Crippen molar-refractivity contribution >= 4 is 34.4 Å². The lowest BCUT2D eigenvalue weighted by Crippen LogP contribution is -2.13. The van der Waals surface area contributed by atoms with Gasteiger partial charge in [0, 0.05) is 29.1 Å². The third-order valence-corrected chi connectivity index (χ3v) is 6.01. The van der Waals surface area contributed by atoms with E-state index in [1.54, 1.807) is 37.3 Å². The van der Waals surface area contributed by atoms with Crippen LogP contribution in [-0.4, -0.2) is 17.3 Å². The number of carbonyl (C=O) groups is 1. The van der Waals surface area contributed by atoms with E-state index in [1.807, 2.05) is 51.1 Å². The van der Waals surface area contributed by atoms with E-state index in [0.29, 0.717) is 28.0 Å². The fourth-order valence-corrected chi connectivity index (χ4v) is 4.00. The smallest absolute Gasteiger partial charge is 0.337 e. The van der Waals surface area contributed by atoms with Crippen molar-refractivity contribution in [2.24, 2.45) is 0 Å². The van der Waals surface area contributed by atoms with Crippen LogP contribution in [0.25, 0.3) is 16.5 Å². The molecule has 3 aromatic carbocycles. The number of allylic oxidation sites excluding steroid dienone is 2. The van der Waals surface area contributed by atoms with Crippen molar-refractivity contribution in [1.29, 1.82) is 10.7 Å². The average molecular weight is 508 g/mol. The van der Waals surface area contributed by atoms with Gasteiger partial charge in [0.25, 0.3) is 0 Å². The maximum Gasteiger partial charge on any atom is 0.337 e. The number of aromatic carboxylic acids is 1. The van der Waals surface area contributed by atoms with Gasteiger partial charge in [0.2, 0.25) is 0 Å². The molecule has 1 unspecified atom stereocenters. The first kappa shape index (κ1) is 27.6. The van der Waals surface area contributed by atoms with E-state index >= 15 is 0 Å². The van der Waals surface area contributed by atoms with Gasteiger partial charge in [0.15, 0.2) is 5.43 Å². The van der Waals surface area contributed by atoms with Crippen molar-refractivity contribution in [3.05, 3.63) is 117 Å². The summed E-state index contributed by atoms with van der Waals surface area (Å²) < 4.78 is 6.03. The molecule has 4 rings (SSSR count). The first-order valence-electron chi connectivity index (χ1n) is 12.0. The normalized spacial score (nSPS) is 11.6. The van der Waals surface area contributed by atoms with E-state index < -0.39 is 5.97 Å². The fraction of sp³-hybridized carbons (Fsp3) is 0.161. The van der Waals surface area contributed by atoms with Crippen LogP contribution in [0.4, 0.5) is 5.69 Å². The van der Waals surface area contributed by atoms with Crippen molar-refractivity contribution in [1.82, 2.24) is 0 Å². The number of para-hydroxylation sites is 1. The molecule has 1 atom stereocenters. The van der Waals surface area contributed by atoms with E-state index in [0.717, 1.165) is 28.5 Å². The van der Waals surface area contributed by atoms with Gasteiger partial charge in [-0.1, -0.05) is 42.5 Å². The first-order chi connectivity index (χ1) is 18.2. The van der Waals surface area contributed by atoms with Gasteiger partial charge in [-0.3, -0.25) is 4.79 Å². The van der Waals surface area contributed by atoms with Crippen LogP contribution in [0.1, 0.15) is 58.3 Å². The molecular weight excluding hydrogens is 478 g/mol. The molecule has 0 radical (unpaired) electrons. The highest BCUT2D eigenvalue weighted by Crippen LogP contribution is 2.30. The number of anilines is 1. The minimum atomic E-state index is -1.02. The summed E-state index contributed by atoms with van der Waals surface area (Å²) in [6.07, 6.45) is 2.85. The van der Waals surface area contributed by atoms with Gasteiger partial charge in [-0.05, 0) is 63.1 Å². The van der Waals surface area contributed by atoms with Crippen molar-refractivity contribution in [3.8, 4) is 6.07 Å². The van der Waals surface area contributed by atoms with Gasteiger partial charge >= 0.3 is 5.97 Å². The molecular formula is C31H29N3O4. The van der Waals surface area contributed by atoms with Crippen molar-refractivity contribution < 1.29 is 14.3 Å². The second kappa shape index (κ2) is 12.3. The number of nitrogens with zero attached hydrogens (tertiary/aromatic N) is 1. The number of benzene rings is 3. The van der Waals surface area contributed by atoms with E-state index in [2.05, 4.69) is 11.4 Å². The third-order valence-electron chi connectivity index (χ3n) is 6.01. The molecule has 0 saturated carbocycles. The molecule has 7 nitrogen and oxygen atoms in total. The van der Waals surface area contributed by atoms with Gasteiger partial charge in [0.05, 0.1) is 28.6 Å². The second-order valence-electron chi connectivity index (χ2n) is 8.74. The molecule has 0 spiro atoms. The molecule has 0 fully saturated rings. The number of aryl methyl sites for hydroxylation is 2. The standard InChI is InChI=1S/C23H22N2O4.C8H7N/c1-4-15(12-24)21-11-20(26)18-10-13(2)9-17(22(18)29-21)14(3)25-19-8-6-5-7-16(19)23(27)28;1-7-4-2-3-5-8(7)6-9/h4-12,14,24-25H,1-3H3,(H,27,28);2-5H,1H3/b15-4+,24-12?;. The van der Waals surface area contributed by atoms with E-state index in [4.69, 9.17) is 15.1 Å². The van der Waals surface area contributed by atoms with E-state index in [9.17, 15) is 14.7 Å². The number of rotatable bonds is 6. The Morgan fingerprint density at radius 3 is 2.39 bits per heavy atom. The summed E-state index contributed by atoms with van der Waals surface area (Å²) in [5.74, 6) is -0.699. The van der Waals surface area contributed by atoms with Gasteiger partial charge in [0.1, 0.15) is 11.3 Å². The van der Waals surface area contributed by atoms with Crippen LogP contribution in [-0.2, 0) is 0 Å². The summed E-state index contributed by atoms with van der Waals surface area (Å²) >= 11 is 0. The minimum absolute atomic E-state index is 0.165. The summed E-state index contributed by atoms with van der Waals surface area (Å²) in [5, 5.41) is 29.1. The Morgan fingerprint density at radius 1 is 1.11 bits per heavy atom. The third kappa shape index (κ3) is 6.23. The largest absolute Gasteiger partial charge is 0.478 e. The average Bonchev–Trinajstić information content (AvgIpc) is 2.90. The maximum atomic E-state index is 12.7. The maximum absolute atomic E-state index is 12.7. The summed E-state index contributed by atoms with van der Waals surface area (Å²) in [6, 6.07) is 21.0. The van der Waals surface area contributed by atoms with Crippen LogP contribution in [0.5, 0.6) is 0 Å². The lowest BCUT2D eigenvalue weighted by atomic mass is 10.00. The molecule has 0 saturated heterocycles. The number of carboxylic acid groups (broad SMARTS) is 1. The molecule has 7 heteroatoms. The lowest BCUT2D eigenvalue weighted by molar-refractivity contribution is 0.0698. The molecule has 0 bridgehead atoms. The number of fused-ring (bicyclic) bond motifs is 1. The van der Waals surface area contributed by atoms with Crippen molar-refractivity contribution in [2.45, 2.75) is 33.7 Å². The van der Waals surface area contributed by atoms with E-state index in [-0.39, 0.29) is 17.0 Å².